The van der Waals surface area contributed by atoms with Crippen LogP contribution in [0.1, 0.15) is 64.6 Å². The zero-order valence-electron chi connectivity index (χ0n) is 12.3. The first kappa shape index (κ1) is 14.0. The van der Waals surface area contributed by atoms with Gasteiger partial charge in [0.15, 0.2) is 0 Å². The van der Waals surface area contributed by atoms with E-state index in [0.717, 1.165) is 6.54 Å². The second kappa shape index (κ2) is 4.93. The molecule has 0 bridgehead atoms. The average Bonchev–Trinajstić information content (AvgIpc) is 2.80. The van der Waals surface area contributed by atoms with Crippen molar-refractivity contribution in [3.63, 3.8) is 0 Å². The van der Waals surface area contributed by atoms with Gasteiger partial charge < -0.3 is 5.32 Å². The van der Waals surface area contributed by atoms with Gasteiger partial charge in [0.2, 0.25) is 0 Å². The minimum atomic E-state index is 0.179. The Bertz CT molecular complexity index is 401. The van der Waals surface area contributed by atoms with Crippen LogP contribution in [0.25, 0.3) is 0 Å². The van der Waals surface area contributed by atoms with E-state index in [1.807, 2.05) is 0 Å². The zero-order valence-corrected chi connectivity index (χ0v) is 13.2. The minimum absolute atomic E-state index is 0.179. The molecule has 0 aliphatic heterocycles. The monoisotopic (exact) mass is 266 g/mol. The zero-order chi connectivity index (χ0) is 13.4. The second-order valence-corrected chi connectivity index (χ2v) is 8.24. The smallest absolute Gasteiger partial charge is 0.0982 e. The predicted octanol–water partition coefficient (Wildman–Crippen LogP) is 4.11. The molecule has 1 aliphatic carbocycles. The maximum Gasteiger partial charge on any atom is 0.0982 e. The molecule has 0 radical (unpaired) electrons. The molecule has 0 spiro atoms. The molecule has 2 nitrogen and oxygen atoms in total. The molecule has 2 rings (SSSR count). The Morgan fingerprint density at radius 2 is 2.17 bits per heavy atom. The number of nitrogens with one attached hydrogen (secondary N) is 1. The van der Waals surface area contributed by atoms with Crippen LogP contribution in [0.15, 0.2) is 5.38 Å². The van der Waals surface area contributed by atoms with Gasteiger partial charge in [-0.3, -0.25) is 0 Å². The lowest BCUT2D eigenvalue weighted by atomic mass is 9.92. The third kappa shape index (κ3) is 3.55. The van der Waals surface area contributed by atoms with Crippen molar-refractivity contribution in [1.29, 1.82) is 0 Å². The van der Waals surface area contributed by atoms with Gasteiger partial charge >= 0.3 is 0 Å². The van der Waals surface area contributed by atoms with E-state index < -0.39 is 0 Å². The van der Waals surface area contributed by atoms with Gasteiger partial charge in [-0.2, -0.15) is 0 Å². The van der Waals surface area contributed by atoms with E-state index >= 15 is 0 Å². The van der Waals surface area contributed by atoms with Gasteiger partial charge in [0.25, 0.3) is 0 Å². The average molecular weight is 266 g/mol. The van der Waals surface area contributed by atoms with E-state index in [2.05, 4.69) is 45.3 Å². The maximum atomic E-state index is 4.73. The number of nitrogens with zero attached hydrogens (tertiary/aromatic N) is 1. The minimum Gasteiger partial charge on any atom is -0.308 e. The number of hydrogen-bond acceptors (Lipinski definition) is 3. The summed E-state index contributed by atoms with van der Waals surface area (Å²) in [6.07, 6.45) is 3.95. The van der Waals surface area contributed by atoms with Crippen molar-refractivity contribution < 1.29 is 0 Å². The van der Waals surface area contributed by atoms with E-state index in [1.165, 1.54) is 30.0 Å². The molecule has 1 aromatic rings. The van der Waals surface area contributed by atoms with Crippen molar-refractivity contribution in [3.05, 3.63) is 16.1 Å². The van der Waals surface area contributed by atoms with Crippen LogP contribution in [0.3, 0.4) is 0 Å². The topological polar surface area (TPSA) is 24.9 Å². The van der Waals surface area contributed by atoms with Crippen molar-refractivity contribution in [1.82, 2.24) is 10.3 Å². The molecule has 0 aromatic carbocycles. The first-order chi connectivity index (χ1) is 8.26. The van der Waals surface area contributed by atoms with Crippen molar-refractivity contribution in [3.8, 4) is 0 Å². The molecule has 1 aromatic heterocycles. The molecule has 0 amide bonds. The van der Waals surface area contributed by atoms with Gasteiger partial charge in [-0.15, -0.1) is 11.3 Å². The summed E-state index contributed by atoms with van der Waals surface area (Å²) in [4.78, 5) is 4.73. The fraction of sp³-hybridized carbons (Fsp3) is 0.800. The molecule has 1 N–H and O–H groups in total. The first-order valence-corrected chi connectivity index (χ1v) is 7.82. The standard InChI is InChI=1S/C15H26N2S/c1-14(2,3)13-17-12(10-18-13)9-16-11-6-7-15(4,5)8-11/h10-11,16H,6-9H2,1-5H3. The quantitative estimate of drug-likeness (QED) is 0.890. The van der Waals surface area contributed by atoms with Gasteiger partial charge in [-0.25, -0.2) is 4.98 Å². The highest BCUT2D eigenvalue weighted by atomic mass is 32.1. The fourth-order valence-corrected chi connectivity index (χ4v) is 3.50. The highest BCUT2D eigenvalue weighted by molar-refractivity contribution is 7.09. The molecular formula is C15H26N2S. The molecule has 1 fully saturated rings. The van der Waals surface area contributed by atoms with Crippen LogP contribution < -0.4 is 5.32 Å². The van der Waals surface area contributed by atoms with Gasteiger partial charge in [0, 0.05) is 23.4 Å². The Morgan fingerprint density at radius 3 is 2.67 bits per heavy atom. The predicted molar refractivity (Wildman–Crippen MR) is 79.1 cm³/mol. The van der Waals surface area contributed by atoms with Gasteiger partial charge in [0.1, 0.15) is 0 Å². The van der Waals surface area contributed by atoms with Gasteiger partial charge in [-0.1, -0.05) is 34.6 Å². The number of rotatable bonds is 3. The molecule has 102 valence electrons. The van der Waals surface area contributed by atoms with E-state index in [9.17, 15) is 0 Å². The Labute approximate surface area is 115 Å². The van der Waals surface area contributed by atoms with Gasteiger partial charge in [0.05, 0.1) is 10.7 Å². The lowest BCUT2D eigenvalue weighted by Crippen LogP contribution is -2.27. The van der Waals surface area contributed by atoms with Crippen molar-refractivity contribution in [2.24, 2.45) is 5.41 Å². The summed E-state index contributed by atoms with van der Waals surface area (Å²) in [7, 11) is 0. The SMILES string of the molecule is CC1(C)CCC(NCc2csc(C(C)(C)C)n2)C1. The van der Waals surface area contributed by atoms with E-state index in [0.29, 0.717) is 11.5 Å². The molecule has 1 unspecified atom stereocenters. The summed E-state index contributed by atoms with van der Waals surface area (Å²) in [6.45, 7) is 12.3. The van der Waals surface area contributed by atoms with Crippen LogP contribution in [0.4, 0.5) is 0 Å². The highest BCUT2D eigenvalue weighted by Gasteiger charge is 2.30. The third-order valence-electron chi connectivity index (χ3n) is 3.73. The molecule has 0 saturated heterocycles. The van der Waals surface area contributed by atoms with Crippen LogP contribution in [0, 0.1) is 5.41 Å². The third-order valence-corrected chi connectivity index (χ3v) is 5.05. The Hall–Kier alpha value is -0.410. The number of thiazole rings is 1. The molecular weight excluding hydrogens is 240 g/mol. The van der Waals surface area contributed by atoms with Crippen molar-refractivity contribution in [2.75, 3.05) is 0 Å². The summed E-state index contributed by atoms with van der Waals surface area (Å²) in [5.74, 6) is 0. The molecule has 1 aliphatic rings. The number of aromatic nitrogens is 1. The maximum absolute atomic E-state index is 4.73. The molecule has 1 saturated carbocycles. The van der Waals surface area contributed by atoms with Crippen LogP contribution in [-0.2, 0) is 12.0 Å². The van der Waals surface area contributed by atoms with Crippen LogP contribution in [-0.4, -0.2) is 11.0 Å². The Balaban J connectivity index is 1.86. The summed E-state index contributed by atoms with van der Waals surface area (Å²) in [5, 5.41) is 7.11. The largest absolute Gasteiger partial charge is 0.308 e. The fourth-order valence-electron chi connectivity index (χ4n) is 2.59. The Morgan fingerprint density at radius 1 is 1.44 bits per heavy atom. The molecule has 3 heteroatoms. The van der Waals surface area contributed by atoms with Crippen LogP contribution in [0.2, 0.25) is 0 Å². The number of hydrogen-bond donors (Lipinski definition) is 1. The summed E-state index contributed by atoms with van der Waals surface area (Å²) in [5.41, 5.74) is 1.91. The normalized spacial score (nSPS) is 23.5. The summed E-state index contributed by atoms with van der Waals surface area (Å²) >= 11 is 1.79. The highest BCUT2D eigenvalue weighted by Crippen LogP contribution is 2.37. The molecule has 1 atom stereocenters. The van der Waals surface area contributed by atoms with E-state index in [4.69, 9.17) is 4.98 Å². The Kier molecular flexibility index (Phi) is 3.84. The lowest BCUT2D eigenvalue weighted by molar-refractivity contribution is 0.364. The molecule has 1 heterocycles. The van der Waals surface area contributed by atoms with Crippen molar-refractivity contribution in [2.45, 2.75) is 71.9 Å². The van der Waals surface area contributed by atoms with E-state index in [1.54, 1.807) is 11.3 Å². The summed E-state index contributed by atoms with van der Waals surface area (Å²) in [6, 6.07) is 0.680. The van der Waals surface area contributed by atoms with Gasteiger partial charge in [-0.05, 0) is 24.7 Å². The van der Waals surface area contributed by atoms with Crippen LogP contribution >= 0.6 is 11.3 Å². The first-order valence-electron chi connectivity index (χ1n) is 6.95. The lowest BCUT2D eigenvalue weighted by Gasteiger charge is -2.17. The molecule has 18 heavy (non-hydrogen) atoms. The van der Waals surface area contributed by atoms with Crippen molar-refractivity contribution >= 4 is 11.3 Å². The summed E-state index contributed by atoms with van der Waals surface area (Å²) < 4.78 is 0. The second-order valence-electron chi connectivity index (χ2n) is 7.38. The van der Waals surface area contributed by atoms with E-state index in [-0.39, 0.29) is 5.41 Å². The van der Waals surface area contributed by atoms with Crippen LogP contribution in [0.5, 0.6) is 0 Å².